The third kappa shape index (κ3) is 3.37. The zero-order chi connectivity index (χ0) is 12.3. The molecule has 1 amide bonds. The summed E-state index contributed by atoms with van der Waals surface area (Å²) in [4.78, 5) is 11.9. The molecule has 0 aliphatic rings. The Morgan fingerprint density at radius 2 is 2.06 bits per heavy atom. The van der Waals surface area contributed by atoms with Gasteiger partial charge in [0.25, 0.3) is 5.91 Å². The average Bonchev–Trinajstić information content (AvgIpc) is 2.56. The second-order valence-electron chi connectivity index (χ2n) is 4.65. The van der Waals surface area contributed by atoms with E-state index in [0.717, 1.165) is 4.47 Å². The van der Waals surface area contributed by atoms with Crippen LogP contribution in [0, 0.1) is 5.92 Å². The maximum atomic E-state index is 11.9. The molecule has 0 aliphatic carbocycles. The summed E-state index contributed by atoms with van der Waals surface area (Å²) in [5, 5.41) is 2.93. The molecule has 0 saturated heterocycles. The molecule has 4 heteroatoms. The highest BCUT2D eigenvalue weighted by Crippen LogP contribution is 2.19. The van der Waals surface area contributed by atoms with Gasteiger partial charge in [0.1, 0.15) is 5.69 Å². The second kappa shape index (κ2) is 5.53. The Labute approximate surface area is 105 Å². The number of nitrogens with one attached hydrogen (secondary N) is 1. The van der Waals surface area contributed by atoms with Crippen LogP contribution in [0.25, 0.3) is 0 Å². The fourth-order valence-corrected chi connectivity index (χ4v) is 1.88. The summed E-state index contributed by atoms with van der Waals surface area (Å²) in [6.07, 6.45) is 1.94. The van der Waals surface area contributed by atoms with Crippen LogP contribution in [0.1, 0.15) is 44.2 Å². The van der Waals surface area contributed by atoms with Crippen LogP contribution in [0.3, 0.4) is 0 Å². The summed E-state index contributed by atoms with van der Waals surface area (Å²) < 4.78 is 2.91. The van der Waals surface area contributed by atoms with Gasteiger partial charge in [0.15, 0.2) is 0 Å². The predicted octanol–water partition coefficient (Wildman–Crippen LogP) is 3.22. The maximum absolute atomic E-state index is 11.9. The third-order valence-corrected chi connectivity index (χ3v) is 2.71. The number of hydrogen-bond donors (Lipinski definition) is 1. The normalized spacial score (nSPS) is 11.2. The first-order valence-electron chi connectivity index (χ1n) is 5.57. The predicted molar refractivity (Wildman–Crippen MR) is 69.7 cm³/mol. The standard InChI is InChI=1S/C12H19BrN2O/c1-8(2)6-14-12(16)11-5-10(13)7-15(11)9(3)4/h5,7-9H,6H2,1-4H3,(H,14,16). The first kappa shape index (κ1) is 13.3. The molecule has 1 aromatic heterocycles. The van der Waals surface area contributed by atoms with Crippen LogP contribution in [-0.2, 0) is 0 Å². The number of rotatable bonds is 4. The topological polar surface area (TPSA) is 34.0 Å². The van der Waals surface area contributed by atoms with Gasteiger partial charge in [0.05, 0.1) is 0 Å². The minimum Gasteiger partial charge on any atom is -0.351 e. The van der Waals surface area contributed by atoms with Crippen LogP contribution in [0.2, 0.25) is 0 Å². The molecular formula is C12H19BrN2O. The molecule has 1 heterocycles. The molecule has 0 saturated carbocycles. The molecule has 16 heavy (non-hydrogen) atoms. The van der Waals surface area contributed by atoms with Crippen molar-refractivity contribution in [3.63, 3.8) is 0 Å². The molecule has 0 aliphatic heterocycles. The number of nitrogens with zero attached hydrogens (tertiary/aromatic N) is 1. The highest BCUT2D eigenvalue weighted by atomic mass is 79.9. The van der Waals surface area contributed by atoms with E-state index in [1.165, 1.54) is 0 Å². The molecule has 0 atom stereocenters. The van der Waals surface area contributed by atoms with E-state index in [4.69, 9.17) is 0 Å². The van der Waals surface area contributed by atoms with E-state index in [9.17, 15) is 4.79 Å². The van der Waals surface area contributed by atoms with Gasteiger partial charge >= 0.3 is 0 Å². The van der Waals surface area contributed by atoms with E-state index in [2.05, 4.69) is 48.9 Å². The summed E-state index contributed by atoms with van der Waals surface area (Å²) in [5.74, 6) is 0.461. The van der Waals surface area contributed by atoms with Crippen molar-refractivity contribution in [2.24, 2.45) is 5.92 Å². The van der Waals surface area contributed by atoms with Crippen LogP contribution in [-0.4, -0.2) is 17.0 Å². The number of amides is 1. The summed E-state index contributed by atoms with van der Waals surface area (Å²) in [6.45, 7) is 8.99. The molecule has 0 unspecified atom stereocenters. The number of carbonyl (C=O) groups is 1. The van der Waals surface area contributed by atoms with Gasteiger partial charge in [-0.15, -0.1) is 0 Å². The molecule has 0 radical (unpaired) electrons. The number of halogens is 1. The van der Waals surface area contributed by atoms with Crippen LogP contribution in [0.15, 0.2) is 16.7 Å². The molecule has 0 bridgehead atoms. The summed E-state index contributed by atoms with van der Waals surface area (Å²) in [5.41, 5.74) is 0.711. The smallest absolute Gasteiger partial charge is 0.267 e. The van der Waals surface area contributed by atoms with Gasteiger partial charge in [-0.25, -0.2) is 0 Å². The summed E-state index contributed by atoms with van der Waals surface area (Å²) in [6, 6.07) is 2.14. The van der Waals surface area contributed by atoms with E-state index in [1.807, 2.05) is 16.8 Å². The number of aromatic nitrogens is 1. The van der Waals surface area contributed by atoms with Gasteiger partial charge in [-0.05, 0) is 41.8 Å². The lowest BCUT2D eigenvalue weighted by Crippen LogP contribution is -2.29. The molecule has 1 N–H and O–H groups in total. The Hall–Kier alpha value is -0.770. The van der Waals surface area contributed by atoms with Crippen LogP contribution < -0.4 is 5.32 Å². The van der Waals surface area contributed by atoms with Crippen molar-refractivity contribution in [3.05, 3.63) is 22.4 Å². The molecular weight excluding hydrogens is 268 g/mol. The van der Waals surface area contributed by atoms with Gasteiger partial charge in [0, 0.05) is 23.3 Å². The zero-order valence-electron chi connectivity index (χ0n) is 10.2. The van der Waals surface area contributed by atoms with Crippen LogP contribution in [0.5, 0.6) is 0 Å². The Morgan fingerprint density at radius 3 is 2.56 bits per heavy atom. The largest absolute Gasteiger partial charge is 0.351 e. The van der Waals surface area contributed by atoms with Gasteiger partial charge in [-0.3, -0.25) is 4.79 Å². The average molecular weight is 287 g/mol. The lowest BCUT2D eigenvalue weighted by Gasteiger charge is -2.13. The molecule has 0 aromatic carbocycles. The summed E-state index contributed by atoms with van der Waals surface area (Å²) >= 11 is 3.40. The van der Waals surface area contributed by atoms with E-state index >= 15 is 0 Å². The maximum Gasteiger partial charge on any atom is 0.267 e. The molecule has 1 rings (SSSR count). The minimum atomic E-state index is -0.00639. The third-order valence-electron chi connectivity index (χ3n) is 2.28. The second-order valence-corrected chi connectivity index (χ2v) is 5.56. The Bertz CT molecular complexity index is 369. The van der Waals surface area contributed by atoms with Crippen molar-refractivity contribution in [1.82, 2.24) is 9.88 Å². The molecule has 90 valence electrons. The van der Waals surface area contributed by atoms with Crippen molar-refractivity contribution >= 4 is 21.8 Å². The Morgan fingerprint density at radius 1 is 1.44 bits per heavy atom. The van der Waals surface area contributed by atoms with E-state index in [1.54, 1.807) is 0 Å². The van der Waals surface area contributed by atoms with Gasteiger partial charge in [0.2, 0.25) is 0 Å². The summed E-state index contributed by atoms with van der Waals surface area (Å²) in [7, 11) is 0. The van der Waals surface area contributed by atoms with Crippen LogP contribution in [0.4, 0.5) is 0 Å². The monoisotopic (exact) mass is 286 g/mol. The first-order chi connectivity index (χ1) is 7.41. The minimum absolute atomic E-state index is 0.00639. The Kier molecular flexibility index (Phi) is 4.59. The van der Waals surface area contributed by atoms with E-state index in [0.29, 0.717) is 18.2 Å². The lowest BCUT2D eigenvalue weighted by molar-refractivity contribution is 0.0938. The molecule has 3 nitrogen and oxygen atoms in total. The van der Waals surface area contributed by atoms with E-state index in [-0.39, 0.29) is 11.9 Å². The molecule has 0 fully saturated rings. The van der Waals surface area contributed by atoms with Crippen molar-refractivity contribution in [2.45, 2.75) is 33.7 Å². The highest BCUT2D eigenvalue weighted by molar-refractivity contribution is 9.10. The van der Waals surface area contributed by atoms with Crippen molar-refractivity contribution in [1.29, 1.82) is 0 Å². The molecule has 0 spiro atoms. The van der Waals surface area contributed by atoms with Gasteiger partial charge in [-0.2, -0.15) is 0 Å². The Balaban J connectivity index is 2.82. The van der Waals surface area contributed by atoms with Crippen molar-refractivity contribution in [2.75, 3.05) is 6.54 Å². The first-order valence-corrected chi connectivity index (χ1v) is 6.36. The quantitative estimate of drug-likeness (QED) is 0.906. The van der Waals surface area contributed by atoms with Gasteiger partial charge in [-0.1, -0.05) is 13.8 Å². The fraction of sp³-hybridized carbons (Fsp3) is 0.583. The number of hydrogen-bond acceptors (Lipinski definition) is 1. The fourth-order valence-electron chi connectivity index (χ4n) is 1.44. The lowest BCUT2D eigenvalue weighted by atomic mass is 10.2. The van der Waals surface area contributed by atoms with Crippen molar-refractivity contribution in [3.8, 4) is 0 Å². The highest BCUT2D eigenvalue weighted by Gasteiger charge is 2.14. The van der Waals surface area contributed by atoms with E-state index < -0.39 is 0 Å². The van der Waals surface area contributed by atoms with Crippen molar-refractivity contribution < 1.29 is 4.79 Å². The zero-order valence-corrected chi connectivity index (χ0v) is 11.8. The SMILES string of the molecule is CC(C)CNC(=O)c1cc(Br)cn1C(C)C. The van der Waals surface area contributed by atoms with Gasteiger partial charge < -0.3 is 9.88 Å². The molecule has 1 aromatic rings. The van der Waals surface area contributed by atoms with Crippen LogP contribution >= 0.6 is 15.9 Å². The number of carbonyl (C=O) groups excluding carboxylic acids is 1.